The minimum atomic E-state index is -0.375. The molecule has 191 valence electrons. The Labute approximate surface area is 225 Å². The van der Waals surface area contributed by atoms with Crippen LogP contribution in [-0.2, 0) is 24.8 Å². The molecule has 0 saturated heterocycles. The molecule has 7 nitrogen and oxygen atoms in total. The van der Waals surface area contributed by atoms with Crippen LogP contribution in [0.2, 0.25) is 0 Å². The normalized spacial score (nSPS) is 11.9. The Morgan fingerprint density at radius 1 is 0.944 bits per heavy atom. The van der Waals surface area contributed by atoms with Crippen molar-refractivity contribution in [2.45, 2.75) is 39.4 Å². The van der Waals surface area contributed by atoms with Crippen LogP contribution in [0.3, 0.4) is 0 Å². The maximum Gasteiger partial charge on any atom is 0.338 e. The molecule has 4 aromatic rings. The zero-order valence-electron chi connectivity index (χ0n) is 20.5. The summed E-state index contributed by atoms with van der Waals surface area (Å²) in [5.41, 5.74) is 3.01. The number of carbonyl (C=O) groups excluding carboxylic acids is 1. The van der Waals surface area contributed by atoms with Gasteiger partial charge in [0.05, 0.1) is 30.2 Å². The molecule has 0 saturated carbocycles. The number of nitrogens with zero attached hydrogens (tertiary/aromatic N) is 3. The molecule has 36 heavy (non-hydrogen) atoms. The summed E-state index contributed by atoms with van der Waals surface area (Å²) in [6, 6.07) is 27.9. The average molecular weight is 665 g/mol. The predicted molar refractivity (Wildman–Crippen MR) is 135 cm³/mol. The van der Waals surface area contributed by atoms with Crippen LogP contribution >= 0.6 is 0 Å². The van der Waals surface area contributed by atoms with Crippen molar-refractivity contribution in [3.63, 3.8) is 0 Å². The van der Waals surface area contributed by atoms with Gasteiger partial charge < -0.3 is 19.5 Å². The maximum atomic E-state index is 12.2. The number of hydrogen-bond acceptors (Lipinski definition) is 6. The molecule has 0 aliphatic carbocycles. The molecule has 3 aromatic carbocycles. The van der Waals surface area contributed by atoms with E-state index in [1.165, 1.54) is 0 Å². The van der Waals surface area contributed by atoms with Crippen LogP contribution in [0.4, 0.5) is 0 Å². The van der Waals surface area contributed by atoms with Gasteiger partial charge in [-0.25, -0.2) is 4.79 Å². The van der Waals surface area contributed by atoms with E-state index in [-0.39, 0.29) is 38.3 Å². The van der Waals surface area contributed by atoms with E-state index in [4.69, 9.17) is 14.9 Å². The Balaban J connectivity index is 0.000000503. The van der Waals surface area contributed by atoms with E-state index in [9.17, 15) is 4.79 Å². The third-order valence-electron chi connectivity index (χ3n) is 4.94. The molecule has 1 aromatic heterocycles. The standard InChI is InChI=1S/C23H18N3O2.C5H12O2.Ir/c1-2-28-23(27)19-14-9-15-20(16-19)26-21(17-10-5-3-6-11-17)24-25-22(26)18-12-7-4-8-13-18;1-4(6)3-5(2)7;/h3-12,14-16H,2H2,1H3;4-7H,3H2,1-2H3;/q-1;;. The van der Waals surface area contributed by atoms with Crippen molar-refractivity contribution in [1.82, 2.24) is 14.8 Å². The molecular formula is C28H30IrN3O4-. The molecule has 4 rings (SSSR count). The van der Waals surface area contributed by atoms with Crippen molar-refractivity contribution in [2.75, 3.05) is 6.61 Å². The smallest absolute Gasteiger partial charge is 0.338 e. The number of hydrogen-bond donors (Lipinski definition) is 2. The largest absolute Gasteiger partial charge is 0.462 e. The SMILES string of the molecule is CC(O)CC(C)O.CCOC(=O)c1cccc(-n2c(-c3[c-]cccc3)nnc2-c2ccccc2)c1.[Ir]. The Kier molecular flexibility index (Phi) is 11.6. The molecule has 2 N–H and O–H groups in total. The quantitative estimate of drug-likeness (QED) is 0.220. The molecule has 0 aliphatic rings. The second kappa shape index (κ2) is 14.4. The minimum Gasteiger partial charge on any atom is -0.462 e. The van der Waals surface area contributed by atoms with E-state index >= 15 is 0 Å². The number of carbonyl (C=O) groups is 1. The van der Waals surface area contributed by atoms with Gasteiger partial charge in [-0.3, -0.25) is 0 Å². The van der Waals surface area contributed by atoms with Crippen LogP contribution < -0.4 is 0 Å². The summed E-state index contributed by atoms with van der Waals surface area (Å²) in [7, 11) is 0. The van der Waals surface area contributed by atoms with E-state index in [2.05, 4.69) is 16.3 Å². The zero-order chi connectivity index (χ0) is 25.2. The van der Waals surface area contributed by atoms with Gasteiger partial charge in [-0.2, -0.15) is 5.10 Å². The van der Waals surface area contributed by atoms with E-state index in [1.807, 2.05) is 71.3 Å². The average Bonchev–Trinajstić information content (AvgIpc) is 3.30. The molecule has 0 aliphatic heterocycles. The second-order valence-electron chi connectivity index (χ2n) is 8.03. The van der Waals surface area contributed by atoms with Crippen molar-refractivity contribution in [3.8, 4) is 28.5 Å². The van der Waals surface area contributed by atoms with E-state index in [0.717, 1.165) is 16.8 Å². The van der Waals surface area contributed by atoms with Crippen LogP contribution in [0.1, 0.15) is 37.6 Å². The first kappa shape index (κ1) is 29.1. The summed E-state index contributed by atoms with van der Waals surface area (Å²) in [6.07, 6.45) is -0.278. The Bertz CT molecular complexity index is 1150. The number of benzene rings is 3. The van der Waals surface area contributed by atoms with Crippen LogP contribution in [0.15, 0.2) is 78.9 Å². The van der Waals surface area contributed by atoms with E-state index in [1.54, 1.807) is 32.9 Å². The van der Waals surface area contributed by atoms with Gasteiger partial charge in [-0.1, -0.05) is 36.4 Å². The van der Waals surface area contributed by atoms with Gasteiger partial charge in [-0.15, -0.1) is 41.0 Å². The number of aliphatic hydroxyl groups is 2. The van der Waals surface area contributed by atoms with Gasteiger partial charge in [0, 0.05) is 31.4 Å². The first-order valence-corrected chi connectivity index (χ1v) is 11.5. The maximum absolute atomic E-state index is 12.2. The first-order chi connectivity index (χ1) is 16.9. The number of rotatable bonds is 7. The Morgan fingerprint density at radius 2 is 1.61 bits per heavy atom. The molecule has 2 unspecified atom stereocenters. The number of esters is 1. The third-order valence-corrected chi connectivity index (χ3v) is 4.94. The molecule has 1 radical (unpaired) electrons. The molecule has 8 heteroatoms. The van der Waals surface area contributed by atoms with Gasteiger partial charge in [0.2, 0.25) is 0 Å². The van der Waals surface area contributed by atoms with Crippen molar-refractivity contribution in [1.29, 1.82) is 0 Å². The van der Waals surface area contributed by atoms with Crippen molar-refractivity contribution in [3.05, 3.63) is 90.5 Å². The molecule has 0 spiro atoms. The Morgan fingerprint density at radius 3 is 2.19 bits per heavy atom. The van der Waals surface area contributed by atoms with Crippen molar-refractivity contribution in [2.24, 2.45) is 0 Å². The topological polar surface area (TPSA) is 97.5 Å². The summed E-state index contributed by atoms with van der Waals surface area (Å²) in [6.45, 7) is 5.44. The molecule has 0 bridgehead atoms. The Hall–Kier alpha value is -3.16. The molecular weight excluding hydrogens is 635 g/mol. The number of ether oxygens (including phenoxy) is 1. The fraction of sp³-hybridized carbons (Fsp3) is 0.250. The summed E-state index contributed by atoms with van der Waals surface area (Å²) in [5, 5.41) is 26.0. The van der Waals surface area contributed by atoms with Gasteiger partial charge in [0.25, 0.3) is 0 Å². The third kappa shape index (κ3) is 7.93. The fourth-order valence-corrected chi connectivity index (χ4v) is 3.49. The van der Waals surface area contributed by atoms with Crippen molar-refractivity contribution >= 4 is 5.97 Å². The van der Waals surface area contributed by atoms with Gasteiger partial charge in [0.15, 0.2) is 5.82 Å². The van der Waals surface area contributed by atoms with Gasteiger partial charge >= 0.3 is 5.97 Å². The van der Waals surface area contributed by atoms with E-state index < -0.39 is 0 Å². The van der Waals surface area contributed by atoms with Crippen LogP contribution in [0.5, 0.6) is 0 Å². The van der Waals surface area contributed by atoms with Crippen LogP contribution in [0.25, 0.3) is 28.5 Å². The summed E-state index contributed by atoms with van der Waals surface area (Å²) >= 11 is 0. The van der Waals surface area contributed by atoms with Gasteiger partial charge in [-0.05, 0) is 45.4 Å². The second-order valence-corrected chi connectivity index (χ2v) is 8.03. The molecule has 0 amide bonds. The van der Waals surface area contributed by atoms with Crippen molar-refractivity contribution < 1.29 is 39.8 Å². The molecule has 0 fully saturated rings. The first-order valence-electron chi connectivity index (χ1n) is 11.5. The van der Waals surface area contributed by atoms with Crippen LogP contribution in [0, 0.1) is 6.07 Å². The molecule has 2 atom stereocenters. The zero-order valence-corrected chi connectivity index (χ0v) is 22.9. The summed E-state index contributed by atoms with van der Waals surface area (Å²) in [4.78, 5) is 12.2. The number of aliphatic hydroxyl groups excluding tert-OH is 2. The predicted octanol–water partition coefficient (Wildman–Crippen LogP) is 4.71. The minimum absolute atomic E-state index is 0. The molecule has 1 heterocycles. The summed E-state index contributed by atoms with van der Waals surface area (Å²) in [5.74, 6) is 0.987. The van der Waals surface area contributed by atoms with Gasteiger partial charge in [0.1, 0.15) is 0 Å². The van der Waals surface area contributed by atoms with Crippen LogP contribution in [-0.4, -0.2) is 49.8 Å². The number of aromatic nitrogens is 3. The van der Waals surface area contributed by atoms with E-state index in [0.29, 0.717) is 30.2 Å². The monoisotopic (exact) mass is 665 g/mol. The fourth-order valence-electron chi connectivity index (χ4n) is 3.49. The summed E-state index contributed by atoms with van der Waals surface area (Å²) < 4.78 is 7.08.